The Kier molecular flexibility index (Phi) is 5.72. The summed E-state index contributed by atoms with van der Waals surface area (Å²) in [6.07, 6.45) is 7.55. The number of nitrogens with zero attached hydrogens (tertiary/aromatic N) is 1. The van der Waals surface area contributed by atoms with Gasteiger partial charge in [0.25, 0.3) is 5.91 Å². The van der Waals surface area contributed by atoms with Gasteiger partial charge in [-0.15, -0.1) is 0 Å². The first-order chi connectivity index (χ1) is 13.6. The van der Waals surface area contributed by atoms with Crippen molar-refractivity contribution >= 4 is 11.8 Å². The van der Waals surface area contributed by atoms with Crippen LogP contribution in [0.1, 0.15) is 60.9 Å². The fraction of sp³-hybridized carbons (Fsp3) is 0.652. The third-order valence-electron chi connectivity index (χ3n) is 6.99. The quantitative estimate of drug-likeness (QED) is 0.870. The summed E-state index contributed by atoms with van der Waals surface area (Å²) in [4.78, 5) is 28.3. The summed E-state index contributed by atoms with van der Waals surface area (Å²) in [5, 5.41) is 3.32. The van der Waals surface area contributed by atoms with Crippen LogP contribution in [0.15, 0.2) is 24.3 Å². The number of carbonyl (C=O) groups is 2. The Labute approximate surface area is 167 Å². The van der Waals surface area contributed by atoms with Crippen molar-refractivity contribution in [1.29, 1.82) is 0 Å². The van der Waals surface area contributed by atoms with Crippen molar-refractivity contribution < 1.29 is 14.3 Å². The molecular weight excluding hydrogens is 352 g/mol. The summed E-state index contributed by atoms with van der Waals surface area (Å²) in [6, 6.07) is 8.04. The summed E-state index contributed by atoms with van der Waals surface area (Å²) in [5.41, 5.74) is 1.71. The van der Waals surface area contributed by atoms with E-state index in [4.69, 9.17) is 4.74 Å². The van der Waals surface area contributed by atoms with Crippen LogP contribution in [0.25, 0.3) is 0 Å². The fourth-order valence-corrected chi connectivity index (χ4v) is 5.20. The molecule has 0 aromatic heterocycles. The van der Waals surface area contributed by atoms with Crippen molar-refractivity contribution in [2.24, 2.45) is 11.3 Å². The van der Waals surface area contributed by atoms with Gasteiger partial charge in [-0.05, 0) is 44.7 Å². The lowest BCUT2D eigenvalue weighted by Gasteiger charge is -2.37. The van der Waals surface area contributed by atoms with Crippen LogP contribution in [0.3, 0.4) is 0 Å². The Morgan fingerprint density at radius 1 is 1.07 bits per heavy atom. The smallest absolute Gasteiger partial charge is 0.253 e. The third kappa shape index (κ3) is 3.95. The van der Waals surface area contributed by atoms with Gasteiger partial charge in [-0.25, -0.2) is 0 Å². The second-order valence-corrected chi connectivity index (χ2v) is 8.92. The first kappa shape index (κ1) is 19.4. The minimum absolute atomic E-state index is 0.0406. The molecule has 1 saturated carbocycles. The Morgan fingerprint density at radius 2 is 1.75 bits per heavy atom. The van der Waals surface area contributed by atoms with Crippen molar-refractivity contribution in [3.63, 3.8) is 0 Å². The fourth-order valence-electron chi connectivity index (χ4n) is 5.20. The lowest BCUT2D eigenvalue weighted by Crippen LogP contribution is -2.47. The van der Waals surface area contributed by atoms with Crippen LogP contribution in [-0.4, -0.2) is 49.1 Å². The molecule has 3 aliphatic rings. The highest BCUT2D eigenvalue weighted by Gasteiger charge is 2.52. The molecule has 1 aromatic rings. The summed E-state index contributed by atoms with van der Waals surface area (Å²) in [7, 11) is 0. The van der Waals surface area contributed by atoms with E-state index in [-0.39, 0.29) is 23.1 Å². The van der Waals surface area contributed by atoms with Gasteiger partial charge in [-0.2, -0.15) is 0 Å². The topological polar surface area (TPSA) is 58.6 Å². The maximum Gasteiger partial charge on any atom is 0.253 e. The standard InChI is InChI=1S/C23H32N2O3/c1-17-7-9-18(10-8-17)22(27)25-15-20(23(16-25)11-13-28-14-12-23)21(26)24-19-5-3-2-4-6-19/h7-10,19-20H,2-6,11-16H2,1H3,(H,24,26). The number of rotatable bonds is 3. The maximum absolute atomic E-state index is 13.2. The van der Waals surface area contributed by atoms with Gasteiger partial charge in [0.05, 0.1) is 5.92 Å². The van der Waals surface area contributed by atoms with Gasteiger partial charge in [0.2, 0.25) is 5.91 Å². The molecule has 1 atom stereocenters. The van der Waals surface area contributed by atoms with Gasteiger partial charge >= 0.3 is 0 Å². The molecule has 0 bridgehead atoms. The van der Waals surface area contributed by atoms with Gasteiger partial charge < -0.3 is 15.0 Å². The Bertz CT molecular complexity index is 703. The molecule has 1 spiro atoms. The predicted molar refractivity (Wildman–Crippen MR) is 108 cm³/mol. The average molecular weight is 385 g/mol. The average Bonchev–Trinajstić information content (AvgIpc) is 3.08. The van der Waals surface area contributed by atoms with Gasteiger partial charge in [-0.3, -0.25) is 9.59 Å². The SMILES string of the molecule is Cc1ccc(C(=O)N2CC(C(=O)NC3CCCCC3)C3(CCOCC3)C2)cc1. The first-order valence-electron chi connectivity index (χ1n) is 10.8. The molecule has 2 saturated heterocycles. The number of carbonyl (C=O) groups excluding carboxylic acids is 2. The van der Waals surface area contributed by atoms with Crippen LogP contribution in [0.4, 0.5) is 0 Å². The van der Waals surface area contributed by atoms with E-state index in [0.717, 1.165) is 31.2 Å². The highest BCUT2D eigenvalue weighted by molar-refractivity contribution is 5.95. The van der Waals surface area contributed by atoms with Crippen molar-refractivity contribution in [1.82, 2.24) is 10.2 Å². The molecular formula is C23H32N2O3. The number of likely N-dealkylation sites (tertiary alicyclic amines) is 1. The largest absolute Gasteiger partial charge is 0.381 e. The molecule has 152 valence electrons. The number of hydrogen-bond acceptors (Lipinski definition) is 3. The van der Waals surface area contributed by atoms with Crippen LogP contribution >= 0.6 is 0 Å². The molecule has 1 N–H and O–H groups in total. The monoisotopic (exact) mass is 384 g/mol. The molecule has 1 aliphatic carbocycles. The van der Waals surface area contributed by atoms with Crippen LogP contribution in [0.2, 0.25) is 0 Å². The van der Waals surface area contributed by atoms with Crippen molar-refractivity contribution in [2.45, 2.75) is 57.9 Å². The summed E-state index contributed by atoms with van der Waals surface area (Å²) in [6.45, 7) is 4.56. The van der Waals surface area contributed by atoms with E-state index in [1.54, 1.807) is 0 Å². The molecule has 5 heteroatoms. The minimum atomic E-state index is -0.142. The minimum Gasteiger partial charge on any atom is -0.381 e. The van der Waals surface area contributed by atoms with E-state index in [1.165, 1.54) is 19.3 Å². The molecule has 4 rings (SSSR count). The Hall–Kier alpha value is -1.88. The molecule has 0 radical (unpaired) electrons. The normalized spacial score (nSPS) is 25.0. The Morgan fingerprint density at radius 3 is 2.43 bits per heavy atom. The first-order valence-corrected chi connectivity index (χ1v) is 10.8. The number of ether oxygens (including phenoxy) is 1. The van der Waals surface area contributed by atoms with Crippen molar-refractivity contribution in [2.75, 3.05) is 26.3 Å². The predicted octanol–water partition coefficient (Wildman–Crippen LogP) is 3.31. The van der Waals surface area contributed by atoms with Gasteiger partial charge in [-0.1, -0.05) is 37.0 Å². The highest BCUT2D eigenvalue weighted by Crippen LogP contribution is 2.45. The third-order valence-corrected chi connectivity index (χ3v) is 6.99. The van der Waals surface area contributed by atoms with Crippen LogP contribution in [0, 0.1) is 18.3 Å². The van der Waals surface area contributed by atoms with Crippen molar-refractivity contribution in [3.8, 4) is 0 Å². The van der Waals surface area contributed by atoms with E-state index >= 15 is 0 Å². The highest BCUT2D eigenvalue weighted by atomic mass is 16.5. The Balaban J connectivity index is 1.51. The zero-order chi connectivity index (χ0) is 19.6. The van der Waals surface area contributed by atoms with E-state index in [0.29, 0.717) is 37.9 Å². The van der Waals surface area contributed by atoms with E-state index in [9.17, 15) is 9.59 Å². The second kappa shape index (κ2) is 8.24. The molecule has 1 unspecified atom stereocenters. The molecule has 1 aromatic carbocycles. The van der Waals surface area contributed by atoms with Gasteiger partial charge in [0.1, 0.15) is 0 Å². The van der Waals surface area contributed by atoms with Crippen LogP contribution in [-0.2, 0) is 9.53 Å². The van der Waals surface area contributed by atoms with E-state index in [1.807, 2.05) is 36.1 Å². The lowest BCUT2D eigenvalue weighted by molar-refractivity contribution is -0.130. The number of aryl methyl sites for hydroxylation is 1. The zero-order valence-corrected chi connectivity index (χ0v) is 16.9. The van der Waals surface area contributed by atoms with Crippen LogP contribution < -0.4 is 5.32 Å². The maximum atomic E-state index is 13.2. The number of nitrogens with one attached hydrogen (secondary N) is 1. The van der Waals surface area contributed by atoms with Crippen LogP contribution in [0.5, 0.6) is 0 Å². The number of benzene rings is 1. The van der Waals surface area contributed by atoms with E-state index < -0.39 is 0 Å². The summed E-state index contributed by atoms with van der Waals surface area (Å²) in [5.74, 6) is 0.0552. The summed E-state index contributed by atoms with van der Waals surface area (Å²) >= 11 is 0. The molecule has 2 heterocycles. The lowest BCUT2D eigenvalue weighted by atomic mass is 9.71. The molecule has 2 amide bonds. The zero-order valence-electron chi connectivity index (χ0n) is 16.9. The molecule has 5 nitrogen and oxygen atoms in total. The molecule has 2 aliphatic heterocycles. The summed E-state index contributed by atoms with van der Waals surface area (Å²) < 4.78 is 5.59. The van der Waals surface area contributed by atoms with Gasteiger partial charge in [0.15, 0.2) is 0 Å². The van der Waals surface area contributed by atoms with Crippen molar-refractivity contribution in [3.05, 3.63) is 35.4 Å². The van der Waals surface area contributed by atoms with E-state index in [2.05, 4.69) is 5.32 Å². The molecule has 3 fully saturated rings. The molecule has 28 heavy (non-hydrogen) atoms. The second-order valence-electron chi connectivity index (χ2n) is 8.92. The number of hydrogen-bond donors (Lipinski definition) is 1. The van der Waals surface area contributed by atoms with Gasteiger partial charge in [0, 0.05) is 43.3 Å². The number of amides is 2.